The molecule has 0 spiro atoms. The Bertz CT molecular complexity index is 1450. The fourth-order valence-electron chi connectivity index (χ4n) is 4.32. The van der Waals surface area contributed by atoms with Crippen LogP contribution in [0.2, 0.25) is 0 Å². The van der Waals surface area contributed by atoms with Crippen LogP contribution in [0.1, 0.15) is 22.3 Å². The third kappa shape index (κ3) is 7.61. The Labute approximate surface area is 229 Å². The summed E-state index contributed by atoms with van der Waals surface area (Å²) in [6.45, 7) is 5.77. The van der Waals surface area contributed by atoms with Crippen molar-refractivity contribution in [1.82, 2.24) is 9.47 Å². The lowest BCUT2D eigenvalue weighted by atomic mass is 10.1. The molecule has 0 unspecified atom stereocenters. The summed E-state index contributed by atoms with van der Waals surface area (Å²) >= 11 is 0. The zero-order valence-corrected chi connectivity index (χ0v) is 21.9. The summed E-state index contributed by atoms with van der Waals surface area (Å²) in [5.74, 6) is 7.52. The molecule has 1 aliphatic rings. The van der Waals surface area contributed by atoms with Crippen molar-refractivity contribution >= 4 is 0 Å². The average Bonchev–Trinajstić information content (AvgIpc) is 2.99. The van der Waals surface area contributed by atoms with Gasteiger partial charge in [0.2, 0.25) is 0 Å². The highest BCUT2D eigenvalue weighted by Gasteiger charge is 2.12. The van der Waals surface area contributed by atoms with Gasteiger partial charge in [0.1, 0.15) is 30.3 Å². The lowest BCUT2D eigenvalue weighted by Crippen LogP contribution is -2.38. The van der Waals surface area contributed by atoms with Crippen LogP contribution in [0.25, 0.3) is 0 Å². The molecular formula is C33H32N2O4. The van der Waals surface area contributed by atoms with E-state index in [-0.39, 0.29) is 5.56 Å². The summed E-state index contributed by atoms with van der Waals surface area (Å²) in [5, 5.41) is 0. The van der Waals surface area contributed by atoms with Gasteiger partial charge in [0.05, 0.1) is 19.8 Å². The lowest BCUT2D eigenvalue weighted by Gasteiger charge is -2.26. The van der Waals surface area contributed by atoms with Crippen LogP contribution >= 0.6 is 0 Å². The predicted molar refractivity (Wildman–Crippen MR) is 152 cm³/mol. The van der Waals surface area contributed by atoms with Crippen molar-refractivity contribution in [2.45, 2.75) is 13.2 Å². The summed E-state index contributed by atoms with van der Waals surface area (Å²) in [6.07, 6.45) is 1.77. The topological polar surface area (TPSA) is 52.9 Å². The number of benzene rings is 3. The van der Waals surface area contributed by atoms with Crippen molar-refractivity contribution in [3.8, 4) is 23.3 Å². The minimum Gasteiger partial charge on any atom is -0.492 e. The highest BCUT2D eigenvalue weighted by molar-refractivity contribution is 5.49. The molecule has 3 aromatic carbocycles. The molecule has 0 radical (unpaired) electrons. The smallest absolute Gasteiger partial charge is 0.270 e. The monoisotopic (exact) mass is 520 g/mol. The largest absolute Gasteiger partial charge is 0.492 e. The molecule has 1 fully saturated rings. The lowest BCUT2D eigenvalue weighted by molar-refractivity contribution is 0.0322. The van der Waals surface area contributed by atoms with E-state index in [2.05, 4.69) is 16.7 Å². The predicted octanol–water partition coefficient (Wildman–Crippen LogP) is 4.59. The normalized spacial score (nSPS) is 13.3. The second-order valence-corrected chi connectivity index (χ2v) is 9.32. The van der Waals surface area contributed by atoms with Gasteiger partial charge in [0, 0.05) is 31.4 Å². The van der Waals surface area contributed by atoms with Crippen molar-refractivity contribution in [3.05, 3.63) is 130 Å². The third-order valence-corrected chi connectivity index (χ3v) is 6.53. The van der Waals surface area contributed by atoms with Gasteiger partial charge in [0.15, 0.2) is 0 Å². The molecule has 1 aliphatic heterocycles. The van der Waals surface area contributed by atoms with E-state index >= 15 is 0 Å². The van der Waals surface area contributed by atoms with Gasteiger partial charge < -0.3 is 18.8 Å². The molecular weight excluding hydrogens is 488 g/mol. The maximum atomic E-state index is 13.5. The standard InChI is InChI=1S/C33H32N2O4/c36-33-31(16-13-27-11-14-30(15-12-27)38-24-21-34-19-22-37-23-20-34)32(39-26-29-9-5-2-6-10-29)17-18-35(33)25-28-7-3-1-4-8-28/h1-12,14-15,17-18H,19-26H2. The van der Waals surface area contributed by atoms with Gasteiger partial charge >= 0.3 is 0 Å². The molecule has 0 saturated carbocycles. The maximum Gasteiger partial charge on any atom is 0.270 e. The zero-order valence-electron chi connectivity index (χ0n) is 21.9. The Morgan fingerprint density at radius 1 is 0.769 bits per heavy atom. The summed E-state index contributed by atoms with van der Waals surface area (Å²) in [6, 6.07) is 29.2. The molecule has 5 rings (SSSR count). The van der Waals surface area contributed by atoms with Crippen molar-refractivity contribution < 1.29 is 14.2 Å². The van der Waals surface area contributed by atoms with Gasteiger partial charge in [-0.15, -0.1) is 0 Å². The minimum atomic E-state index is -0.181. The van der Waals surface area contributed by atoms with Crippen LogP contribution in [0.15, 0.2) is 102 Å². The Hall–Kier alpha value is -4.31. The molecule has 4 aromatic rings. The van der Waals surface area contributed by atoms with E-state index in [1.807, 2.05) is 91.0 Å². The molecule has 0 atom stereocenters. The molecule has 39 heavy (non-hydrogen) atoms. The van der Waals surface area contributed by atoms with Crippen LogP contribution in [-0.4, -0.2) is 48.9 Å². The van der Waals surface area contributed by atoms with Gasteiger partial charge in [-0.1, -0.05) is 72.5 Å². The van der Waals surface area contributed by atoms with Crippen molar-refractivity contribution in [2.75, 3.05) is 39.5 Å². The number of hydrogen-bond donors (Lipinski definition) is 0. The first-order valence-corrected chi connectivity index (χ1v) is 13.2. The molecule has 198 valence electrons. The van der Waals surface area contributed by atoms with E-state index in [4.69, 9.17) is 14.2 Å². The molecule has 6 nitrogen and oxygen atoms in total. The van der Waals surface area contributed by atoms with E-state index in [9.17, 15) is 4.79 Å². The first-order chi connectivity index (χ1) is 19.2. The van der Waals surface area contributed by atoms with Crippen molar-refractivity contribution in [2.24, 2.45) is 0 Å². The number of morpholine rings is 1. The highest BCUT2D eigenvalue weighted by Crippen LogP contribution is 2.17. The zero-order chi connectivity index (χ0) is 26.7. The van der Waals surface area contributed by atoms with Crippen LogP contribution in [0.3, 0.4) is 0 Å². The van der Waals surface area contributed by atoms with Crippen LogP contribution in [0.4, 0.5) is 0 Å². The van der Waals surface area contributed by atoms with E-state index in [0.717, 1.165) is 55.3 Å². The Balaban J connectivity index is 1.31. The SMILES string of the molecule is O=c1c(C#Cc2ccc(OCCN3CCOCC3)cc2)c(OCc2ccccc2)ccn1Cc1ccccc1. The number of rotatable bonds is 9. The quantitative estimate of drug-likeness (QED) is 0.302. The van der Waals surface area contributed by atoms with E-state index in [1.165, 1.54) is 0 Å². The molecule has 1 aromatic heterocycles. The van der Waals surface area contributed by atoms with Gasteiger partial charge in [-0.3, -0.25) is 9.69 Å². The van der Waals surface area contributed by atoms with Crippen molar-refractivity contribution in [1.29, 1.82) is 0 Å². The minimum absolute atomic E-state index is 0.181. The molecule has 2 heterocycles. The second-order valence-electron chi connectivity index (χ2n) is 9.32. The van der Waals surface area contributed by atoms with E-state index < -0.39 is 0 Å². The second kappa shape index (κ2) is 13.5. The van der Waals surface area contributed by atoms with Crippen LogP contribution in [0.5, 0.6) is 11.5 Å². The van der Waals surface area contributed by atoms with E-state index in [1.54, 1.807) is 10.8 Å². The average molecular weight is 521 g/mol. The number of ether oxygens (including phenoxy) is 3. The van der Waals surface area contributed by atoms with Crippen LogP contribution in [0, 0.1) is 11.8 Å². The maximum absolute atomic E-state index is 13.5. The van der Waals surface area contributed by atoms with Gasteiger partial charge in [0.25, 0.3) is 5.56 Å². The molecule has 1 saturated heterocycles. The number of pyridine rings is 1. The fourth-order valence-corrected chi connectivity index (χ4v) is 4.32. The number of aromatic nitrogens is 1. The summed E-state index contributed by atoms with van der Waals surface area (Å²) in [4.78, 5) is 15.8. The first kappa shape index (κ1) is 26.3. The number of nitrogens with zero attached hydrogens (tertiary/aromatic N) is 2. The van der Waals surface area contributed by atoms with Crippen LogP contribution in [-0.2, 0) is 17.9 Å². The van der Waals surface area contributed by atoms with Gasteiger partial charge in [-0.05, 0) is 41.5 Å². The molecule has 0 amide bonds. The van der Waals surface area contributed by atoms with Crippen LogP contribution < -0.4 is 15.0 Å². The Kier molecular flexibility index (Phi) is 9.09. The molecule has 0 bridgehead atoms. The molecule has 0 aliphatic carbocycles. The summed E-state index contributed by atoms with van der Waals surface area (Å²) in [7, 11) is 0. The fraction of sp³-hybridized carbons (Fsp3) is 0.242. The number of hydrogen-bond acceptors (Lipinski definition) is 5. The Morgan fingerprint density at radius 3 is 2.18 bits per heavy atom. The van der Waals surface area contributed by atoms with Gasteiger partial charge in [-0.25, -0.2) is 0 Å². The molecule has 0 N–H and O–H groups in total. The Morgan fingerprint density at radius 2 is 1.46 bits per heavy atom. The third-order valence-electron chi connectivity index (χ3n) is 6.53. The van der Waals surface area contributed by atoms with Gasteiger partial charge in [-0.2, -0.15) is 0 Å². The van der Waals surface area contributed by atoms with E-state index in [0.29, 0.717) is 31.1 Å². The summed E-state index contributed by atoms with van der Waals surface area (Å²) < 4.78 is 19.0. The summed E-state index contributed by atoms with van der Waals surface area (Å²) in [5.41, 5.74) is 3.02. The molecule has 6 heteroatoms. The van der Waals surface area contributed by atoms with Crippen molar-refractivity contribution in [3.63, 3.8) is 0 Å². The highest BCUT2D eigenvalue weighted by atomic mass is 16.5. The first-order valence-electron chi connectivity index (χ1n) is 13.2.